The van der Waals surface area contributed by atoms with Crippen molar-refractivity contribution in [1.82, 2.24) is 0 Å². The Morgan fingerprint density at radius 2 is 1.53 bits per heavy atom. The average Bonchev–Trinajstić information content (AvgIpc) is 2.37. The Bertz CT molecular complexity index is 599. The topological polar surface area (TPSA) is 20.2 Å². The van der Waals surface area contributed by atoms with Crippen molar-refractivity contribution in [3.05, 3.63) is 68.4 Å². The highest BCUT2D eigenvalue weighted by Crippen LogP contribution is 2.28. The largest absolute Gasteiger partial charge is 0.384 e. The van der Waals surface area contributed by atoms with E-state index in [1.807, 2.05) is 25.1 Å². The first-order valence-corrected chi connectivity index (χ1v) is 6.90. The second kappa shape index (κ2) is 5.43. The van der Waals surface area contributed by atoms with Crippen LogP contribution in [0.25, 0.3) is 0 Å². The zero-order valence-electron chi connectivity index (χ0n) is 11.2. The van der Waals surface area contributed by atoms with E-state index < -0.39 is 6.10 Å². The molecule has 0 aliphatic rings. The van der Waals surface area contributed by atoms with Crippen LogP contribution in [0.5, 0.6) is 0 Å². The molecule has 1 N–H and O–H groups in total. The predicted octanol–water partition coefficient (Wildman–Crippen LogP) is 4.60. The van der Waals surface area contributed by atoms with E-state index in [0.29, 0.717) is 16.7 Å². The molecule has 0 heterocycles. The quantitative estimate of drug-likeness (QED) is 0.857. The maximum absolute atomic E-state index is 13.6. The van der Waals surface area contributed by atoms with Gasteiger partial charge in [0, 0.05) is 4.47 Å². The van der Waals surface area contributed by atoms with Gasteiger partial charge in [0.05, 0.1) is 0 Å². The fourth-order valence-corrected chi connectivity index (χ4v) is 2.51. The Kier molecular flexibility index (Phi) is 4.07. The zero-order valence-corrected chi connectivity index (χ0v) is 12.8. The smallest absolute Gasteiger partial charge is 0.129 e. The third-order valence-electron chi connectivity index (χ3n) is 3.29. The van der Waals surface area contributed by atoms with Gasteiger partial charge in [-0.3, -0.25) is 0 Å². The lowest BCUT2D eigenvalue weighted by atomic mass is 9.97. The van der Waals surface area contributed by atoms with Crippen molar-refractivity contribution in [2.24, 2.45) is 0 Å². The zero-order chi connectivity index (χ0) is 14.2. The van der Waals surface area contributed by atoms with Crippen LogP contribution in [0.1, 0.15) is 33.9 Å². The summed E-state index contributed by atoms with van der Waals surface area (Å²) in [5.74, 6) is -0.207. The summed E-state index contributed by atoms with van der Waals surface area (Å²) in [6.07, 6.45) is -0.741. The highest BCUT2D eigenvalue weighted by Gasteiger charge is 2.14. The molecule has 3 heteroatoms. The monoisotopic (exact) mass is 322 g/mol. The number of aliphatic hydroxyl groups excluding tert-OH is 1. The predicted molar refractivity (Wildman–Crippen MR) is 78.8 cm³/mol. The summed E-state index contributed by atoms with van der Waals surface area (Å²) in [6, 6.07) is 9.13. The number of halogens is 2. The summed E-state index contributed by atoms with van der Waals surface area (Å²) in [5, 5.41) is 10.4. The Balaban J connectivity index is 2.43. The lowest BCUT2D eigenvalue weighted by molar-refractivity contribution is 0.220. The van der Waals surface area contributed by atoms with E-state index in [4.69, 9.17) is 0 Å². The SMILES string of the molecule is Cc1ccc(C(O)c2cc(C)c(F)c(C)c2)cc1Br. The van der Waals surface area contributed by atoms with E-state index in [9.17, 15) is 9.50 Å². The molecule has 19 heavy (non-hydrogen) atoms. The number of rotatable bonds is 2. The molecule has 0 aliphatic carbocycles. The molecule has 0 bridgehead atoms. The molecule has 1 unspecified atom stereocenters. The van der Waals surface area contributed by atoms with Gasteiger partial charge < -0.3 is 5.11 Å². The van der Waals surface area contributed by atoms with Gasteiger partial charge in [0.1, 0.15) is 11.9 Å². The molecule has 2 rings (SSSR count). The Morgan fingerprint density at radius 3 is 2.05 bits per heavy atom. The first kappa shape index (κ1) is 14.2. The van der Waals surface area contributed by atoms with Crippen LogP contribution in [0.2, 0.25) is 0 Å². The molecular formula is C16H16BrFO. The summed E-state index contributed by atoms with van der Waals surface area (Å²) >= 11 is 3.46. The van der Waals surface area contributed by atoms with Gasteiger partial charge in [0.2, 0.25) is 0 Å². The highest BCUT2D eigenvalue weighted by atomic mass is 79.9. The maximum atomic E-state index is 13.6. The molecule has 0 aliphatic heterocycles. The third kappa shape index (κ3) is 2.88. The maximum Gasteiger partial charge on any atom is 0.129 e. The molecule has 0 fully saturated rings. The molecule has 0 saturated heterocycles. The number of hydrogen-bond acceptors (Lipinski definition) is 1. The first-order valence-electron chi connectivity index (χ1n) is 6.11. The third-order valence-corrected chi connectivity index (χ3v) is 4.14. The summed E-state index contributed by atoms with van der Waals surface area (Å²) in [7, 11) is 0. The van der Waals surface area contributed by atoms with Gasteiger partial charge in [-0.05, 0) is 54.7 Å². The summed E-state index contributed by atoms with van der Waals surface area (Å²) in [4.78, 5) is 0. The lowest BCUT2D eigenvalue weighted by Crippen LogP contribution is -2.02. The van der Waals surface area contributed by atoms with Crippen LogP contribution in [-0.4, -0.2) is 5.11 Å². The minimum atomic E-state index is -0.741. The van der Waals surface area contributed by atoms with Gasteiger partial charge in [0.15, 0.2) is 0 Å². The fraction of sp³-hybridized carbons (Fsp3) is 0.250. The average molecular weight is 323 g/mol. The molecule has 0 aromatic heterocycles. The van der Waals surface area contributed by atoms with Gasteiger partial charge in [0.25, 0.3) is 0 Å². The standard InChI is InChI=1S/C16H16BrFO/c1-9-4-5-12(8-14(9)17)16(19)13-6-10(2)15(18)11(3)7-13/h4-8,16,19H,1-3H3. The van der Waals surface area contributed by atoms with Crippen molar-refractivity contribution in [2.45, 2.75) is 26.9 Å². The van der Waals surface area contributed by atoms with Crippen molar-refractivity contribution in [3.8, 4) is 0 Å². The van der Waals surface area contributed by atoms with Crippen molar-refractivity contribution in [1.29, 1.82) is 0 Å². The van der Waals surface area contributed by atoms with Crippen LogP contribution in [-0.2, 0) is 0 Å². The number of aryl methyl sites for hydroxylation is 3. The van der Waals surface area contributed by atoms with Crippen LogP contribution in [0.4, 0.5) is 4.39 Å². The van der Waals surface area contributed by atoms with Crippen LogP contribution in [0.15, 0.2) is 34.8 Å². The summed E-state index contributed by atoms with van der Waals surface area (Å²) in [6.45, 7) is 5.42. The fourth-order valence-electron chi connectivity index (χ4n) is 2.11. The van der Waals surface area contributed by atoms with Crippen molar-refractivity contribution in [3.63, 3.8) is 0 Å². The van der Waals surface area contributed by atoms with Crippen molar-refractivity contribution < 1.29 is 9.50 Å². The minimum Gasteiger partial charge on any atom is -0.384 e. The molecule has 0 radical (unpaired) electrons. The molecule has 100 valence electrons. The van der Waals surface area contributed by atoms with Gasteiger partial charge >= 0.3 is 0 Å². The molecular weight excluding hydrogens is 307 g/mol. The normalized spacial score (nSPS) is 12.5. The van der Waals surface area contributed by atoms with E-state index in [2.05, 4.69) is 15.9 Å². The minimum absolute atomic E-state index is 0.207. The first-order chi connectivity index (χ1) is 8.90. The van der Waals surface area contributed by atoms with Gasteiger partial charge in [-0.15, -0.1) is 0 Å². The molecule has 0 amide bonds. The van der Waals surface area contributed by atoms with E-state index in [0.717, 1.165) is 15.6 Å². The summed E-state index contributed by atoms with van der Waals surface area (Å²) < 4.78 is 14.6. The number of aliphatic hydroxyl groups is 1. The second-order valence-corrected chi connectivity index (χ2v) is 5.73. The Hall–Kier alpha value is -1.19. The summed E-state index contributed by atoms with van der Waals surface area (Å²) in [5.41, 5.74) is 3.73. The number of benzene rings is 2. The van der Waals surface area contributed by atoms with Gasteiger partial charge in [-0.25, -0.2) is 4.39 Å². The van der Waals surface area contributed by atoms with Crippen molar-refractivity contribution in [2.75, 3.05) is 0 Å². The van der Waals surface area contributed by atoms with E-state index in [-0.39, 0.29) is 5.82 Å². The van der Waals surface area contributed by atoms with E-state index in [1.165, 1.54) is 0 Å². The van der Waals surface area contributed by atoms with Gasteiger partial charge in [-0.2, -0.15) is 0 Å². The molecule has 2 aromatic carbocycles. The molecule has 0 saturated carbocycles. The van der Waals surface area contributed by atoms with Crippen LogP contribution in [0.3, 0.4) is 0 Å². The molecule has 1 nitrogen and oxygen atoms in total. The molecule has 2 aromatic rings. The van der Waals surface area contributed by atoms with Crippen LogP contribution < -0.4 is 0 Å². The molecule has 0 spiro atoms. The van der Waals surface area contributed by atoms with E-state index >= 15 is 0 Å². The van der Waals surface area contributed by atoms with Crippen LogP contribution in [0, 0.1) is 26.6 Å². The lowest BCUT2D eigenvalue weighted by Gasteiger charge is -2.15. The van der Waals surface area contributed by atoms with Crippen LogP contribution >= 0.6 is 15.9 Å². The Labute approximate surface area is 121 Å². The molecule has 1 atom stereocenters. The number of hydrogen-bond donors (Lipinski definition) is 1. The van der Waals surface area contributed by atoms with E-state index in [1.54, 1.807) is 26.0 Å². The second-order valence-electron chi connectivity index (χ2n) is 4.88. The highest BCUT2D eigenvalue weighted by molar-refractivity contribution is 9.10. The van der Waals surface area contributed by atoms with Gasteiger partial charge in [-0.1, -0.05) is 40.2 Å². The Morgan fingerprint density at radius 1 is 0.947 bits per heavy atom. The van der Waals surface area contributed by atoms with Crippen molar-refractivity contribution >= 4 is 15.9 Å².